The summed E-state index contributed by atoms with van der Waals surface area (Å²) < 4.78 is 4.78. The van der Waals surface area contributed by atoms with Gasteiger partial charge in [0.05, 0.1) is 5.56 Å². The van der Waals surface area contributed by atoms with Gasteiger partial charge in [0.2, 0.25) is 0 Å². The Morgan fingerprint density at radius 3 is 1.41 bits per heavy atom. The summed E-state index contributed by atoms with van der Waals surface area (Å²) in [6, 6.07) is 39.5. The predicted octanol–water partition coefficient (Wildman–Crippen LogP) is 6.22. The second-order valence-corrected chi connectivity index (χ2v) is 6.90. The summed E-state index contributed by atoms with van der Waals surface area (Å²) in [5.41, 5.74) is 5.70. The van der Waals surface area contributed by atoms with Crippen molar-refractivity contribution in [2.24, 2.45) is 0 Å². The fraction of sp³-hybridized carbons (Fsp3) is 0.0741. The number of carbonyl (C=O) groups excluding carboxylic acids is 1. The van der Waals surface area contributed by atoms with Crippen molar-refractivity contribution in [3.05, 3.63) is 143 Å². The molecule has 0 fully saturated rings. The van der Waals surface area contributed by atoms with Gasteiger partial charge in [-0.2, -0.15) is 0 Å². The summed E-state index contributed by atoms with van der Waals surface area (Å²) in [6.45, 7) is 0.439. The van der Waals surface area contributed by atoms with Crippen LogP contribution in [0.1, 0.15) is 38.5 Å². The number of ether oxygens (including phenoxy) is 1. The Morgan fingerprint density at radius 2 is 0.966 bits per heavy atom. The Hall–Kier alpha value is -3.65. The monoisotopic (exact) mass is 378 g/mol. The molecule has 5 rings (SSSR count). The van der Waals surface area contributed by atoms with Crippen LogP contribution in [0.15, 0.2) is 115 Å². The van der Waals surface area contributed by atoms with E-state index in [0.29, 0.717) is 18.1 Å². The molecular formula is C27H22O2. The molecule has 4 aromatic carbocycles. The molecule has 1 aliphatic rings. The normalized spacial score (nSPS) is 12.0. The number of cyclic esters (lactones) is 1. The van der Waals surface area contributed by atoms with Gasteiger partial charge < -0.3 is 4.74 Å². The van der Waals surface area contributed by atoms with Gasteiger partial charge >= 0.3 is 5.97 Å². The topological polar surface area (TPSA) is 26.3 Å². The van der Waals surface area contributed by atoms with E-state index in [1.165, 1.54) is 16.7 Å². The molecule has 0 spiro atoms. The van der Waals surface area contributed by atoms with Crippen LogP contribution in [0.25, 0.3) is 0 Å². The zero-order chi connectivity index (χ0) is 19.9. The standard InChI is InChI=1S/C19H16.C8H6O2/c1-4-10-16(11-5-1)19(17-12-6-2-7-13-17)18-14-8-3-9-15-18;9-8-7-4-2-1-3-6(7)5-10-8/h1-15,19H;1-4H,5H2. The highest BCUT2D eigenvalue weighted by Gasteiger charge is 2.19. The molecule has 0 amide bonds. The molecule has 4 aromatic rings. The van der Waals surface area contributed by atoms with Crippen LogP contribution < -0.4 is 0 Å². The molecule has 142 valence electrons. The minimum Gasteiger partial charge on any atom is -0.457 e. The SMILES string of the molecule is O=C1OCc2ccccc21.c1ccc(C(c2ccccc2)c2ccccc2)cc1. The van der Waals surface area contributed by atoms with E-state index >= 15 is 0 Å². The number of rotatable bonds is 3. The predicted molar refractivity (Wildman–Crippen MR) is 116 cm³/mol. The van der Waals surface area contributed by atoms with Gasteiger partial charge in [-0.15, -0.1) is 0 Å². The number of hydrogen-bond donors (Lipinski definition) is 0. The highest BCUT2D eigenvalue weighted by Crippen LogP contribution is 2.31. The van der Waals surface area contributed by atoms with Crippen molar-refractivity contribution in [1.82, 2.24) is 0 Å². The highest BCUT2D eigenvalue weighted by atomic mass is 16.5. The molecule has 0 aromatic heterocycles. The Kier molecular flexibility index (Phi) is 5.82. The minimum atomic E-state index is -0.199. The zero-order valence-electron chi connectivity index (χ0n) is 16.1. The average Bonchev–Trinajstić information content (AvgIpc) is 3.18. The van der Waals surface area contributed by atoms with Crippen molar-refractivity contribution >= 4 is 5.97 Å². The molecule has 0 aliphatic carbocycles. The van der Waals surface area contributed by atoms with Gasteiger partial charge in [0.15, 0.2) is 0 Å². The van der Waals surface area contributed by atoms with Crippen molar-refractivity contribution in [3.63, 3.8) is 0 Å². The lowest BCUT2D eigenvalue weighted by Crippen LogP contribution is -2.02. The molecule has 2 nitrogen and oxygen atoms in total. The second-order valence-electron chi connectivity index (χ2n) is 6.90. The molecule has 0 saturated carbocycles. The third-order valence-electron chi connectivity index (χ3n) is 4.99. The van der Waals surface area contributed by atoms with Crippen LogP contribution in [-0.4, -0.2) is 5.97 Å². The van der Waals surface area contributed by atoms with E-state index < -0.39 is 0 Å². The van der Waals surface area contributed by atoms with Gasteiger partial charge in [0.25, 0.3) is 0 Å². The Labute approximate surface area is 171 Å². The third kappa shape index (κ3) is 4.44. The summed E-state index contributed by atoms with van der Waals surface area (Å²) in [5.74, 6) is 0.110. The zero-order valence-corrected chi connectivity index (χ0v) is 16.1. The molecule has 0 unspecified atom stereocenters. The lowest BCUT2D eigenvalue weighted by atomic mass is 9.85. The Bertz CT molecular complexity index is 963. The smallest absolute Gasteiger partial charge is 0.338 e. The summed E-state index contributed by atoms with van der Waals surface area (Å²) in [5, 5.41) is 0. The molecule has 2 heteroatoms. The number of carbonyl (C=O) groups is 1. The average molecular weight is 378 g/mol. The van der Waals surface area contributed by atoms with Crippen molar-refractivity contribution in [3.8, 4) is 0 Å². The van der Waals surface area contributed by atoms with Gasteiger partial charge in [-0.25, -0.2) is 4.79 Å². The van der Waals surface area contributed by atoms with E-state index in [1.54, 1.807) is 6.07 Å². The summed E-state index contributed by atoms with van der Waals surface area (Å²) >= 11 is 0. The number of fused-ring (bicyclic) bond motifs is 1. The maximum atomic E-state index is 10.8. The summed E-state index contributed by atoms with van der Waals surface area (Å²) in [4.78, 5) is 10.8. The molecule has 0 atom stereocenters. The molecule has 1 heterocycles. The number of benzene rings is 4. The quantitative estimate of drug-likeness (QED) is 0.312. The number of esters is 1. The first-order valence-corrected chi connectivity index (χ1v) is 9.73. The Balaban J connectivity index is 0.000000171. The van der Waals surface area contributed by atoms with E-state index in [4.69, 9.17) is 4.74 Å². The maximum Gasteiger partial charge on any atom is 0.338 e. The van der Waals surface area contributed by atoms with Crippen molar-refractivity contribution in [1.29, 1.82) is 0 Å². The molecular weight excluding hydrogens is 356 g/mol. The van der Waals surface area contributed by atoms with Crippen molar-refractivity contribution < 1.29 is 9.53 Å². The second kappa shape index (κ2) is 9.03. The molecule has 0 radical (unpaired) electrons. The van der Waals surface area contributed by atoms with Crippen LogP contribution in [-0.2, 0) is 11.3 Å². The van der Waals surface area contributed by atoms with Crippen molar-refractivity contribution in [2.45, 2.75) is 12.5 Å². The first-order chi connectivity index (χ1) is 14.3. The van der Waals surface area contributed by atoms with Gasteiger partial charge in [0.1, 0.15) is 6.61 Å². The fourth-order valence-corrected chi connectivity index (χ4v) is 3.58. The largest absolute Gasteiger partial charge is 0.457 e. The van der Waals surface area contributed by atoms with E-state index in [0.717, 1.165) is 5.56 Å². The van der Waals surface area contributed by atoms with Crippen LogP contribution in [0.5, 0.6) is 0 Å². The Morgan fingerprint density at radius 1 is 0.552 bits per heavy atom. The summed E-state index contributed by atoms with van der Waals surface area (Å²) in [7, 11) is 0. The van der Waals surface area contributed by atoms with E-state index in [9.17, 15) is 4.79 Å². The van der Waals surface area contributed by atoms with Crippen LogP contribution in [0, 0.1) is 0 Å². The molecule has 0 bridgehead atoms. The third-order valence-corrected chi connectivity index (χ3v) is 4.99. The van der Waals surface area contributed by atoms with Crippen LogP contribution in [0.3, 0.4) is 0 Å². The van der Waals surface area contributed by atoms with E-state index in [-0.39, 0.29) is 5.97 Å². The fourth-order valence-electron chi connectivity index (χ4n) is 3.58. The molecule has 0 N–H and O–H groups in total. The highest BCUT2D eigenvalue weighted by molar-refractivity contribution is 5.93. The van der Waals surface area contributed by atoms with Gasteiger partial charge in [0, 0.05) is 11.5 Å². The molecule has 0 saturated heterocycles. The van der Waals surface area contributed by atoms with Crippen LogP contribution in [0.4, 0.5) is 0 Å². The van der Waals surface area contributed by atoms with Crippen LogP contribution >= 0.6 is 0 Å². The first-order valence-electron chi connectivity index (χ1n) is 9.73. The van der Waals surface area contributed by atoms with Crippen LogP contribution in [0.2, 0.25) is 0 Å². The number of hydrogen-bond acceptors (Lipinski definition) is 2. The molecule has 1 aliphatic heterocycles. The van der Waals surface area contributed by atoms with E-state index in [2.05, 4.69) is 91.0 Å². The van der Waals surface area contributed by atoms with Gasteiger partial charge in [-0.05, 0) is 22.8 Å². The summed E-state index contributed by atoms with van der Waals surface area (Å²) in [6.07, 6.45) is 0. The lowest BCUT2D eigenvalue weighted by Gasteiger charge is -2.18. The first kappa shape index (κ1) is 18.7. The minimum absolute atomic E-state index is 0.199. The maximum absolute atomic E-state index is 10.8. The molecule has 29 heavy (non-hydrogen) atoms. The lowest BCUT2D eigenvalue weighted by molar-refractivity contribution is 0.0535. The van der Waals surface area contributed by atoms with E-state index in [1.807, 2.05) is 18.2 Å². The van der Waals surface area contributed by atoms with Gasteiger partial charge in [-0.3, -0.25) is 0 Å². The van der Waals surface area contributed by atoms with Gasteiger partial charge in [-0.1, -0.05) is 109 Å². The van der Waals surface area contributed by atoms with Crippen molar-refractivity contribution in [2.75, 3.05) is 0 Å².